The van der Waals surface area contributed by atoms with Gasteiger partial charge < -0.3 is 10.2 Å². The summed E-state index contributed by atoms with van der Waals surface area (Å²) in [5.74, 6) is -1.58. The number of nitrogens with one attached hydrogen (secondary N) is 1. The molecule has 196 valence electrons. The number of carbonyl (C=O) groups is 2. The minimum absolute atomic E-state index is 0.0535. The van der Waals surface area contributed by atoms with Crippen LogP contribution in [-0.4, -0.2) is 24.9 Å². The van der Waals surface area contributed by atoms with E-state index in [-0.39, 0.29) is 36.2 Å². The van der Waals surface area contributed by atoms with E-state index in [1.807, 2.05) is 0 Å². The lowest BCUT2D eigenvalue weighted by molar-refractivity contribution is -0.143. The normalized spacial score (nSPS) is 11.8. The van der Waals surface area contributed by atoms with Crippen molar-refractivity contribution in [1.82, 2.24) is 5.32 Å². The first-order valence-corrected chi connectivity index (χ1v) is 11.4. The predicted molar refractivity (Wildman–Crippen MR) is 128 cm³/mol. The fraction of sp³-hybridized carbons (Fsp3) is 0.200. The molecule has 1 N–H and O–H groups in total. The molecule has 0 aromatic heterocycles. The number of hydrogen-bond acceptors (Lipinski definition) is 2. The van der Waals surface area contributed by atoms with Crippen molar-refractivity contribution in [2.45, 2.75) is 18.8 Å². The standard InChI is InChI=1S/C25H18Cl2F6N2O2/c26-18-7-8-20(21(27)14-18)23(37)35(19-5-2-1-3-6-19)10-4-9-34-22(36)15-11-16(24(28,29)30)13-17(12-15)25(31,32)33/h1-3,5-8,11-14H,4,9-10H2,(H,34,36). The summed E-state index contributed by atoms with van der Waals surface area (Å²) in [6, 6.07) is 13.5. The monoisotopic (exact) mass is 562 g/mol. The summed E-state index contributed by atoms with van der Waals surface area (Å²) < 4.78 is 78.4. The Morgan fingerprint density at radius 2 is 1.41 bits per heavy atom. The SMILES string of the molecule is O=C(NCCCN(C(=O)c1ccc(Cl)cc1Cl)c1ccccc1)c1cc(C(F)(F)F)cc(C(F)(F)F)c1. The third-order valence-corrected chi connectivity index (χ3v) is 5.72. The van der Waals surface area contributed by atoms with Crippen LogP contribution in [0.25, 0.3) is 0 Å². The number of carbonyl (C=O) groups excluding carboxylic acids is 2. The first-order chi connectivity index (χ1) is 17.3. The molecule has 0 saturated carbocycles. The van der Waals surface area contributed by atoms with Crippen LogP contribution in [0.15, 0.2) is 66.7 Å². The van der Waals surface area contributed by atoms with E-state index in [1.165, 1.54) is 23.1 Å². The Labute approximate surface area is 217 Å². The van der Waals surface area contributed by atoms with Gasteiger partial charge >= 0.3 is 12.4 Å². The Morgan fingerprint density at radius 1 is 0.811 bits per heavy atom. The average molecular weight is 563 g/mol. The molecule has 0 aliphatic heterocycles. The molecule has 0 aliphatic carbocycles. The maximum Gasteiger partial charge on any atom is 0.416 e. The molecule has 0 saturated heterocycles. The molecule has 37 heavy (non-hydrogen) atoms. The van der Waals surface area contributed by atoms with Gasteiger partial charge in [-0.1, -0.05) is 41.4 Å². The molecule has 0 atom stereocenters. The summed E-state index contributed by atoms with van der Waals surface area (Å²) in [4.78, 5) is 27.0. The molecular formula is C25H18Cl2F6N2O2. The average Bonchev–Trinajstić information content (AvgIpc) is 2.82. The Morgan fingerprint density at radius 3 is 1.95 bits per heavy atom. The van der Waals surface area contributed by atoms with E-state index in [9.17, 15) is 35.9 Å². The molecular weight excluding hydrogens is 545 g/mol. The quantitative estimate of drug-likeness (QED) is 0.239. The Balaban J connectivity index is 1.74. The summed E-state index contributed by atoms with van der Waals surface area (Å²) in [6.45, 7) is -0.0835. The highest BCUT2D eigenvalue weighted by atomic mass is 35.5. The fourth-order valence-electron chi connectivity index (χ4n) is 3.39. The van der Waals surface area contributed by atoms with Crippen LogP contribution in [0.3, 0.4) is 0 Å². The van der Waals surface area contributed by atoms with Crippen LogP contribution in [0.4, 0.5) is 32.0 Å². The highest BCUT2D eigenvalue weighted by Crippen LogP contribution is 2.36. The van der Waals surface area contributed by atoms with E-state index in [0.717, 1.165) is 0 Å². The van der Waals surface area contributed by atoms with E-state index in [1.54, 1.807) is 30.3 Å². The molecule has 4 nitrogen and oxygen atoms in total. The van der Waals surface area contributed by atoms with Crippen molar-refractivity contribution in [1.29, 1.82) is 0 Å². The molecule has 0 bridgehead atoms. The zero-order valence-electron chi connectivity index (χ0n) is 18.8. The lowest BCUT2D eigenvalue weighted by Crippen LogP contribution is -2.34. The second kappa shape index (κ2) is 11.4. The number of amides is 2. The largest absolute Gasteiger partial charge is 0.416 e. The van der Waals surface area contributed by atoms with Gasteiger partial charge in [-0.2, -0.15) is 26.3 Å². The number of hydrogen-bond donors (Lipinski definition) is 1. The molecule has 0 unspecified atom stereocenters. The van der Waals surface area contributed by atoms with Crippen LogP contribution in [0, 0.1) is 0 Å². The van der Waals surface area contributed by atoms with Crippen molar-refractivity contribution < 1.29 is 35.9 Å². The van der Waals surface area contributed by atoms with Crippen LogP contribution in [0.1, 0.15) is 38.3 Å². The summed E-state index contributed by atoms with van der Waals surface area (Å²) in [7, 11) is 0. The first kappa shape index (κ1) is 28.3. The van der Waals surface area contributed by atoms with E-state index in [4.69, 9.17) is 23.2 Å². The van der Waals surface area contributed by atoms with Crippen molar-refractivity contribution in [3.63, 3.8) is 0 Å². The van der Waals surface area contributed by atoms with Gasteiger partial charge in [0.2, 0.25) is 0 Å². The van der Waals surface area contributed by atoms with Crippen LogP contribution in [0.2, 0.25) is 10.0 Å². The zero-order valence-corrected chi connectivity index (χ0v) is 20.3. The molecule has 0 spiro atoms. The molecule has 0 heterocycles. The first-order valence-electron chi connectivity index (χ1n) is 10.7. The number of halogens is 8. The van der Waals surface area contributed by atoms with Crippen molar-refractivity contribution in [2.24, 2.45) is 0 Å². The lowest BCUT2D eigenvalue weighted by atomic mass is 10.0. The third-order valence-electron chi connectivity index (χ3n) is 5.17. The van der Waals surface area contributed by atoms with Crippen LogP contribution in [0.5, 0.6) is 0 Å². The summed E-state index contributed by atoms with van der Waals surface area (Å²) in [5.41, 5.74) is -3.28. The molecule has 3 rings (SSSR count). The number of nitrogens with zero attached hydrogens (tertiary/aromatic N) is 1. The number of alkyl halides is 6. The summed E-state index contributed by atoms with van der Waals surface area (Å²) >= 11 is 12.1. The number of para-hydroxylation sites is 1. The Kier molecular flexibility index (Phi) is 8.76. The molecule has 0 fully saturated rings. The van der Waals surface area contributed by atoms with Gasteiger partial charge in [0.05, 0.1) is 21.7 Å². The van der Waals surface area contributed by atoms with Gasteiger partial charge in [0.25, 0.3) is 11.8 Å². The number of rotatable bonds is 7. The van der Waals surface area contributed by atoms with Gasteiger partial charge in [0.1, 0.15) is 0 Å². The van der Waals surface area contributed by atoms with Crippen molar-refractivity contribution >= 4 is 40.7 Å². The third kappa shape index (κ3) is 7.39. The summed E-state index contributed by atoms with van der Waals surface area (Å²) in [5, 5.41) is 2.76. The predicted octanol–water partition coefficient (Wildman–Crippen LogP) is 7.50. The highest BCUT2D eigenvalue weighted by molar-refractivity contribution is 6.37. The van der Waals surface area contributed by atoms with Gasteiger partial charge in [0, 0.05) is 29.4 Å². The Bertz CT molecular complexity index is 1250. The van der Waals surface area contributed by atoms with Gasteiger partial charge in [-0.25, -0.2) is 0 Å². The maximum absolute atomic E-state index is 13.2. The van der Waals surface area contributed by atoms with Crippen LogP contribution < -0.4 is 10.2 Å². The smallest absolute Gasteiger partial charge is 0.352 e. The summed E-state index contributed by atoms with van der Waals surface area (Å²) in [6.07, 6.45) is -10.0. The minimum Gasteiger partial charge on any atom is -0.352 e. The van der Waals surface area contributed by atoms with E-state index in [2.05, 4.69) is 5.32 Å². The van der Waals surface area contributed by atoms with Crippen molar-refractivity contribution in [2.75, 3.05) is 18.0 Å². The van der Waals surface area contributed by atoms with E-state index in [0.29, 0.717) is 22.8 Å². The number of anilines is 1. The van der Waals surface area contributed by atoms with E-state index < -0.39 is 40.9 Å². The lowest BCUT2D eigenvalue weighted by Gasteiger charge is -2.23. The minimum atomic E-state index is -5.07. The zero-order chi connectivity index (χ0) is 27.4. The number of benzene rings is 3. The maximum atomic E-state index is 13.2. The van der Waals surface area contributed by atoms with Gasteiger partial charge in [-0.05, 0) is 55.0 Å². The molecule has 0 radical (unpaired) electrons. The van der Waals surface area contributed by atoms with Gasteiger partial charge in [0.15, 0.2) is 0 Å². The second-order valence-corrected chi connectivity index (χ2v) is 8.66. The van der Waals surface area contributed by atoms with Gasteiger partial charge in [-0.15, -0.1) is 0 Å². The molecule has 0 aliphatic rings. The molecule has 12 heteroatoms. The molecule has 3 aromatic carbocycles. The van der Waals surface area contributed by atoms with Crippen molar-refractivity contribution in [3.05, 3.63) is 99.0 Å². The van der Waals surface area contributed by atoms with Crippen LogP contribution in [-0.2, 0) is 12.4 Å². The van der Waals surface area contributed by atoms with Crippen LogP contribution >= 0.6 is 23.2 Å². The Hall–Kier alpha value is -3.24. The molecule has 3 aromatic rings. The van der Waals surface area contributed by atoms with E-state index >= 15 is 0 Å². The topological polar surface area (TPSA) is 49.4 Å². The van der Waals surface area contributed by atoms with Crippen molar-refractivity contribution in [3.8, 4) is 0 Å². The highest BCUT2D eigenvalue weighted by Gasteiger charge is 2.37. The fourth-order valence-corrected chi connectivity index (χ4v) is 3.88. The van der Waals surface area contributed by atoms with Gasteiger partial charge in [-0.3, -0.25) is 9.59 Å². The second-order valence-electron chi connectivity index (χ2n) is 7.82. The molecule has 2 amide bonds.